The van der Waals surface area contributed by atoms with E-state index in [1.54, 1.807) is 18.2 Å². The first-order chi connectivity index (χ1) is 7.47. The number of rotatable bonds is 4. The topological polar surface area (TPSA) is 29.1 Å². The van der Waals surface area contributed by atoms with Crippen molar-refractivity contribution < 1.29 is 4.21 Å². The third-order valence-electron chi connectivity index (χ3n) is 2.61. The fraction of sp³-hybridized carbons (Fsp3) is 0.455. The normalized spacial score (nSPS) is 16.8. The van der Waals surface area contributed by atoms with Crippen LogP contribution in [-0.2, 0) is 10.8 Å². The van der Waals surface area contributed by atoms with Crippen LogP contribution in [0.15, 0.2) is 23.1 Å². The second kappa shape index (κ2) is 6.01. The molecule has 16 heavy (non-hydrogen) atoms. The predicted octanol–water partition coefficient (Wildman–Crippen LogP) is 3.10. The Hall–Kier alpha value is -0.0900. The maximum atomic E-state index is 12.2. The van der Waals surface area contributed by atoms with E-state index < -0.39 is 10.8 Å². The number of halogens is 2. The fourth-order valence-corrected chi connectivity index (χ4v) is 3.24. The summed E-state index contributed by atoms with van der Waals surface area (Å²) >= 11 is 11.9. The van der Waals surface area contributed by atoms with Crippen LogP contribution < -0.4 is 5.32 Å². The molecule has 3 unspecified atom stereocenters. The monoisotopic (exact) mass is 279 g/mol. The minimum absolute atomic E-state index is 0.0269. The molecule has 0 aliphatic carbocycles. The van der Waals surface area contributed by atoms with Gasteiger partial charge in [-0.2, -0.15) is 0 Å². The Kier molecular flexibility index (Phi) is 5.25. The van der Waals surface area contributed by atoms with Gasteiger partial charge in [-0.05, 0) is 39.1 Å². The molecule has 1 N–H and O–H groups in total. The lowest BCUT2D eigenvalue weighted by Crippen LogP contribution is -2.35. The molecule has 0 fully saturated rings. The first kappa shape index (κ1) is 14.0. The molecule has 3 atom stereocenters. The maximum Gasteiger partial charge on any atom is 0.0592 e. The molecule has 0 radical (unpaired) electrons. The molecule has 0 bridgehead atoms. The molecule has 2 nitrogen and oxygen atoms in total. The van der Waals surface area contributed by atoms with E-state index >= 15 is 0 Å². The summed E-state index contributed by atoms with van der Waals surface area (Å²) in [4.78, 5) is 0.601. The highest BCUT2D eigenvalue weighted by Gasteiger charge is 2.21. The predicted molar refractivity (Wildman–Crippen MR) is 70.9 cm³/mol. The molecule has 0 aromatic heterocycles. The zero-order valence-electron chi connectivity index (χ0n) is 9.46. The molecule has 5 heteroatoms. The van der Waals surface area contributed by atoms with Crippen molar-refractivity contribution in [2.45, 2.75) is 30.0 Å². The average Bonchev–Trinajstić information content (AvgIpc) is 2.29. The lowest BCUT2D eigenvalue weighted by atomic mass is 10.3. The summed E-state index contributed by atoms with van der Waals surface area (Å²) in [5, 5.41) is 4.10. The van der Waals surface area contributed by atoms with Crippen molar-refractivity contribution in [1.29, 1.82) is 0 Å². The van der Waals surface area contributed by atoms with Gasteiger partial charge in [-0.25, -0.2) is 0 Å². The van der Waals surface area contributed by atoms with E-state index in [0.29, 0.717) is 14.9 Å². The van der Waals surface area contributed by atoms with Crippen molar-refractivity contribution in [3.05, 3.63) is 28.2 Å². The van der Waals surface area contributed by atoms with Crippen molar-refractivity contribution in [3.63, 3.8) is 0 Å². The number of hydrogen-bond donors (Lipinski definition) is 1. The van der Waals surface area contributed by atoms with Crippen LogP contribution in [0.4, 0.5) is 0 Å². The highest BCUT2D eigenvalue weighted by molar-refractivity contribution is 7.85. The van der Waals surface area contributed by atoms with Gasteiger partial charge in [0.15, 0.2) is 0 Å². The van der Waals surface area contributed by atoms with Gasteiger partial charge in [-0.1, -0.05) is 23.2 Å². The lowest BCUT2D eigenvalue weighted by molar-refractivity contribution is 0.584. The molecule has 0 aliphatic heterocycles. The summed E-state index contributed by atoms with van der Waals surface area (Å²) in [6.07, 6.45) is 0. The van der Waals surface area contributed by atoms with Crippen molar-refractivity contribution >= 4 is 34.0 Å². The number of hydrogen-bond acceptors (Lipinski definition) is 2. The van der Waals surface area contributed by atoms with E-state index in [-0.39, 0.29) is 11.3 Å². The Morgan fingerprint density at radius 3 is 2.50 bits per heavy atom. The van der Waals surface area contributed by atoms with Gasteiger partial charge in [-0.3, -0.25) is 4.21 Å². The minimum atomic E-state index is -1.16. The molecular weight excluding hydrogens is 265 g/mol. The molecule has 0 heterocycles. The van der Waals surface area contributed by atoms with Crippen LogP contribution in [0, 0.1) is 0 Å². The van der Waals surface area contributed by atoms with E-state index in [0.717, 1.165) is 0 Å². The van der Waals surface area contributed by atoms with E-state index in [4.69, 9.17) is 23.2 Å². The largest absolute Gasteiger partial charge is 0.316 e. The van der Waals surface area contributed by atoms with Gasteiger partial charge in [0.1, 0.15) is 0 Å². The number of nitrogens with one attached hydrogen (secondary N) is 1. The molecule has 0 amide bonds. The van der Waals surface area contributed by atoms with Gasteiger partial charge in [-0.15, -0.1) is 0 Å². The summed E-state index contributed by atoms with van der Waals surface area (Å²) in [5.74, 6) is 0. The Balaban J connectivity index is 3.00. The average molecular weight is 280 g/mol. The first-order valence-corrected chi connectivity index (χ1v) is 6.97. The SMILES string of the molecule is CNC(C)C(C)S(=O)c1cc(Cl)ccc1Cl. The van der Waals surface area contributed by atoms with Crippen LogP contribution in [0.5, 0.6) is 0 Å². The van der Waals surface area contributed by atoms with E-state index in [1.807, 2.05) is 20.9 Å². The molecule has 90 valence electrons. The Morgan fingerprint density at radius 2 is 1.94 bits per heavy atom. The summed E-state index contributed by atoms with van der Waals surface area (Å²) in [7, 11) is 0.686. The third kappa shape index (κ3) is 3.20. The standard InChI is InChI=1S/C11H15Cl2NOS/c1-7(14-3)8(2)16(15)11-6-9(12)4-5-10(11)13/h4-8,14H,1-3H3. The summed E-state index contributed by atoms with van der Waals surface area (Å²) in [5.41, 5.74) is 0. The fourth-order valence-electron chi connectivity index (χ4n) is 1.25. The van der Waals surface area contributed by atoms with Crippen LogP contribution >= 0.6 is 23.2 Å². The third-order valence-corrected chi connectivity index (χ3v) is 5.14. The van der Waals surface area contributed by atoms with Crippen LogP contribution in [0.3, 0.4) is 0 Å². The molecule has 0 saturated heterocycles. The van der Waals surface area contributed by atoms with Crippen molar-refractivity contribution in [2.24, 2.45) is 0 Å². The van der Waals surface area contributed by atoms with Crippen molar-refractivity contribution in [1.82, 2.24) is 5.32 Å². The van der Waals surface area contributed by atoms with Gasteiger partial charge in [0, 0.05) is 11.1 Å². The maximum absolute atomic E-state index is 12.2. The first-order valence-electron chi connectivity index (χ1n) is 5.00. The summed E-state index contributed by atoms with van der Waals surface area (Å²) in [6.45, 7) is 3.91. The van der Waals surface area contributed by atoms with Gasteiger partial charge in [0.2, 0.25) is 0 Å². The van der Waals surface area contributed by atoms with E-state index in [1.165, 1.54) is 0 Å². The molecular formula is C11H15Cl2NOS. The molecule has 0 aliphatic rings. The molecule has 1 aromatic carbocycles. The van der Waals surface area contributed by atoms with Gasteiger partial charge in [0.25, 0.3) is 0 Å². The second-order valence-electron chi connectivity index (χ2n) is 3.65. The highest BCUT2D eigenvalue weighted by atomic mass is 35.5. The van der Waals surface area contributed by atoms with Crippen LogP contribution in [0.25, 0.3) is 0 Å². The van der Waals surface area contributed by atoms with Crippen LogP contribution in [-0.4, -0.2) is 22.5 Å². The van der Waals surface area contributed by atoms with Gasteiger partial charge >= 0.3 is 0 Å². The van der Waals surface area contributed by atoms with E-state index in [9.17, 15) is 4.21 Å². The summed E-state index contributed by atoms with van der Waals surface area (Å²) in [6, 6.07) is 5.18. The zero-order valence-corrected chi connectivity index (χ0v) is 11.8. The van der Waals surface area contributed by atoms with E-state index in [2.05, 4.69) is 5.32 Å². The molecule has 0 spiro atoms. The van der Waals surface area contributed by atoms with Gasteiger partial charge in [0.05, 0.1) is 26.0 Å². The zero-order chi connectivity index (χ0) is 12.3. The molecule has 1 aromatic rings. The summed E-state index contributed by atoms with van der Waals surface area (Å²) < 4.78 is 12.2. The lowest BCUT2D eigenvalue weighted by Gasteiger charge is -2.19. The van der Waals surface area contributed by atoms with Crippen molar-refractivity contribution in [3.8, 4) is 0 Å². The second-order valence-corrected chi connectivity index (χ2v) is 6.28. The number of benzene rings is 1. The highest BCUT2D eigenvalue weighted by Crippen LogP contribution is 2.26. The molecule has 1 rings (SSSR count). The Bertz CT molecular complexity index is 398. The van der Waals surface area contributed by atoms with Crippen LogP contribution in [0.2, 0.25) is 10.0 Å². The van der Waals surface area contributed by atoms with Crippen LogP contribution in [0.1, 0.15) is 13.8 Å². The molecule has 0 saturated carbocycles. The Morgan fingerprint density at radius 1 is 1.31 bits per heavy atom. The smallest absolute Gasteiger partial charge is 0.0592 e. The quantitative estimate of drug-likeness (QED) is 0.918. The minimum Gasteiger partial charge on any atom is -0.316 e. The van der Waals surface area contributed by atoms with Crippen molar-refractivity contribution in [2.75, 3.05) is 7.05 Å². The van der Waals surface area contributed by atoms with Gasteiger partial charge < -0.3 is 5.32 Å². The Labute approximate surface area is 109 Å².